The Kier molecular flexibility index (Phi) is 5.38. The van der Waals surface area contributed by atoms with Crippen molar-refractivity contribution in [3.63, 3.8) is 0 Å². The zero-order valence-corrected chi connectivity index (χ0v) is 14.7. The van der Waals surface area contributed by atoms with Crippen LogP contribution in [0.2, 0.25) is 0 Å². The Morgan fingerprint density at radius 2 is 1.96 bits per heavy atom. The van der Waals surface area contributed by atoms with Gasteiger partial charge < -0.3 is 20.1 Å². The third-order valence-corrected chi connectivity index (χ3v) is 4.14. The van der Waals surface area contributed by atoms with Crippen LogP contribution in [-0.4, -0.2) is 24.3 Å². The fourth-order valence-corrected chi connectivity index (χ4v) is 2.65. The molecule has 1 aliphatic rings. The molecule has 0 fully saturated rings. The average Bonchev–Trinajstić information content (AvgIpc) is 3.30. The second-order valence-electron chi connectivity index (χ2n) is 6.46. The topological polar surface area (TPSA) is 70.4 Å². The summed E-state index contributed by atoms with van der Waals surface area (Å²) in [5, 5.41) is 9.64. The smallest absolute Gasteiger partial charge is 0.315 e. The summed E-state index contributed by atoms with van der Waals surface area (Å²) in [6, 6.07) is 9.88. The van der Waals surface area contributed by atoms with Crippen LogP contribution in [-0.2, 0) is 13.1 Å². The van der Waals surface area contributed by atoms with Crippen LogP contribution in [0.1, 0.15) is 36.8 Å². The number of hydrogen-bond acceptors (Lipinski definition) is 4. The molecular formula is C19H24N4O2. The zero-order chi connectivity index (χ0) is 17.6. The number of anilines is 1. The monoisotopic (exact) mass is 340 g/mol. The summed E-state index contributed by atoms with van der Waals surface area (Å²) in [4.78, 5) is 14.2. The van der Waals surface area contributed by atoms with Crippen LogP contribution in [0.15, 0.2) is 47.0 Å². The maximum absolute atomic E-state index is 12.0. The molecule has 3 rings (SSSR count). The van der Waals surface area contributed by atoms with Gasteiger partial charge in [-0.1, -0.05) is 43.3 Å². The number of hydrogen-bond donors (Lipinski definition) is 2. The van der Waals surface area contributed by atoms with Gasteiger partial charge in [-0.2, -0.15) is 0 Å². The minimum atomic E-state index is -0.226. The number of rotatable bonds is 6. The van der Waals surface area contributed by atoms with E-state index in [1.807, 2.05) is 32.0 Å². The molecule has 0 bridgehead atoms. The number of carbonyl (C=O) groups excluding carboxylic acids is 1. The molecule has 1 aliphatic heterocycles. The largest absolute Gasteiger partial charge is 0.364 e. The number of aromatic nitrogens is 1. The number of amides is 2. The summed E-state index contributed by atoms with van der Waals surface area (Å²) >= 11 is 0. The van der Waals surface area contributed by atoms with E-state index in [2.05, 4.69) is 45.0 Å². The van der Waals surface area contributed by atoms with E-state index in [-0.39, 0.29) is 6.03 Å². The Balaban J connectivity index is 1.46. The molecule has 2 aromatic rings. The normalized spacial score (nSPS) is 13.5. The minimum Gasteiger partial charge on any atom is -0.364 e. The van der Waals surface area contributed by atoms with Crippen molar-refractivity contribution in [2.24, 2.45) is 0 Å². The molecule has 0 aliphatic carbocycles. The van der Waals surface area contributed by atoms with Crippen molar-refractivity contribution in [1.29, 1.82) is 0 Å². The number of benzene rings is 1. The first-order chi connectivity index (χ1) is 12.1. The van der Waals surface area contributed by atoms with Crippen LogP contribution >= 0.6 is 0 Å². The number of nitrogens with one attached hydrogen (secondary N) is 2. The third kappa shape index (κ3) is 4.62. The van der Waals surface area contributed by atoms with Gasteiger partial charge in [-0.25, -0.2) is 4.79 Å². The molecular weight excluding hydrogens is 316 g/mol. The molecule has 0 atom stereocenters. The molecule has 1 aromatic heterocycles. The first kappa shape index (κ1) is 17.1. The molecule has 0 radical (unpaired) electrons. The molecule has 0 saturated carbocycles. The number of carbonyl (C=O) groups is 1. The maximum Gasteiger partial charge on any atom is 0.315 e. The average molecular weight is 340 g/mol. The van der Waals surface area contributed by atoms with Gasteiger partial charge in [0.25, 0.3) is 0 Å². The van der Waals surface area contributed by atoms with Gasteiger partial charge in [-0.05, 0) is 23.6 Å². The van der Waals surface area contributed by atoms with Crippen LogP contribution < -0.4 is 15.5 Å². The SMILES string of the molecule is CC(C)c1cc(CNC(=O)NCc2cccc(N3CC=CC3)c2)on1. The first-order valence-corrected chi connectivity index (χ1v) is 8.58. The van der Waals surface area contributed by atoms with Crippen molar-refractivity contribution in [1.82, 2.24) is 15.8 Å². The molecule has 6 heteroatoms. The van der Waals surface area contributed by atoms with Gasteiger partial charge in [-0.15, -0.1) is 0 Å². The Morgan fingerprint density at radius 3 is 2.68 bits per heavy atom. The molecule has 1 aromatic carbocycles. The highest BCUT2D eigenvalue weighted by Gasteiger charge is 2.10. The molecule has 2 heterocycles. The molecule has 0 saturated heterocycles. The fraction of sp³-hybridized carbons (Fsp3) is 0.368. The van der Waals surface area contributed by atoms with Crippen LogP contribution in [0, 0.1) is 0 Å². The van der Waals surface area contributed by atoms with Crippen molar-refractivity contribution in [3.05, 3.63) is 59.5 Å². The molecule has 132 valence electrons. The lowest BCUT2D eigenvalue weighted by atomic mass is 10.1. The van der Waals surface area contributed by atoms with Crippen LogP contribution in [0.25, 0.3) is 0 Å². The number of nitrogens with zero attached hydrogens (tertiary/aromatic N) is 2. The molecule has 6 nitrogen and oxygen atoms in total. The van der Waals surface area contributed by atoms with Crippen LogP contribution in [0.3, 0.4) is 0 Å². The third-order valence-electron chi connectivity index (χ3n) is 4.14. The lowest BCUT2D eigenvalue weighted by Crippen LogP contribution is -2.34. The van der Waals surface area contributed by atoms with E-state index in [0.29, 0.717) is 24.8 Å². The van der Waals surface area contributed by atoms with Gasteiger partial charge in [0.2, 0.25) is 0 Å². The van der Waals surface area contributed by atoms with Crippen molar-refractivity contribution in [2.45, 2.75) is 32.9 Å². The summed E-state index contributed by atoms with van der Waals surface area (Å²) in [6.07, 6.45) is 4.32. The standard InChI is InChI=1S/C19H24N4O2/c1-14(2)18-11-17(25-22-18)13-21-19(24)20-12-15-6-5-7-16(10-15)23-8-3-4-9-23/h3-7,10-11,14H,8-9,12-13H2,1-2H3,(H2,20,21,24). The maximum atomic E-state index is 12.0. The van der Waals surface area contributed by atoms with Gasteiger partial charge in [0.15, 0.2) is 5.76 Å². The molecule has 0 unspecified atom stereocenters. The Hall–Kier alpha value is -2.76. The fourth-order valence-electron chi connectivity index (χ4n) is 2.65. The van der Waals surface area contributed by atoms with Crippen molar-refractivity contribution < 1.29 is 9.32 Å². The van der Waals surface area contributed by atoms with Gasteiger partial charge in [0.05, 0.1) is 12.2 Å². The second kappa shape index (κ2) is 7.88. The Morgan fingerprint density at radius 1 is 1.20 bits per heavy atom. The molecule has 25 heavy (non-hydrogen) atoms. The van der Waals surface area contributed by atoms with Crippen molar-refractivity contribution in [2.75, 3.05) is 18.0 Å². The van der Waals surface area contributed by atoms with E-state index in [4.69, 9.17) is 4.52 Å². The zero-order valence-electron chi connectivity index (χ0n) is 14.7. The predicted molar refractivity (Wildman–Crippen MR) is 97.5 cm³/mol. The highest BCUT2D eigenvalue weighted by atomic mass is 16.5. The summed E-state index contributed by atoms with van der Waals surface area (Å²) < 4.78 is 5.21. The predicted octanol–water partition coefficient (Wildman–Crippen LogP) is 3.17. The molecule has 0 spiro atoms. The van der Waals surface area contributed by atoms with Crippen LogP contribution in [0.4, 0.5) is 10.5 Å². The second-order valence-corrected chi connectivity index (χ2v) is 6.46. The molecule has 2 N–H and O–H groups in total. The van der Waals surface area contributed by atoms with E-state index in [0.717, 1.165) is 24.3 Å². The van der Waals surface area contributed by atoms with Crippen LogP contribution in [0.5, 0.6) is 0 Å². The Bertz CT molecular complexity index is 743. The highest BCUT2D eigenvalue weighted by molar-refractivity contribution is 5.73. The summed E-state index contributed by atoms with van der Waals surface area (Å²) in [5.74, 6) is 0.965. The van der Waals surface area contributed by atoms with E-state index in [1.165, 1.54) is 5.69 Å². The van der Waals surface area contributed by atoms with E-state index < -0.39 is 0 Å². The lowest BCUT2D eigenvalue weighted by Gasteiger charge is -2.18. The molecule has 2 amide bonds. The quantitative estimate of drug-likeness (QED) is 0.793. The van der Waals surface area contributed by atoms with Crippen molar-refractivity contribution >= 4 is 11.7 Å². The van der Waals surface area contributed by atoms with E-state index in [9.17, 15) is 4.79 Å². The summed E-state index contributed by atoms with van der Waals surface area (Å²) in [5.41, 5.74) is 3.14. The summed E-state index contributed by atoms with van der Waals surface area (Å²) in [6.45, 7) is 6.78. The van der Waals surface area contributed by atoms with Crippen molar-refractivity contribution in [3.8, 4) is 0 Å². The lowest BCUT2D eigenvalue weighted by molar-refractivity contribution is 0.238. The first-order valence-electron chi connectivity index (χ1n) is 8.58. The van der Waals surface area contributed by atoms with E-state index >= 15 is 0 Å². The minimum absolute atomic E-state index is 0.226. The number of urea groups is 1. The van der Waals surface area contributed by atoms with Gasteiger partial charge >= 0.3 is 6.03 Å². The highest BCUT2D eigenvalue weighted by Crippen LogP contribution is 2.18. The van der Waals surface area contributed by atoms with Gasteiger partial charge in [0.1, 0.15) is 0 Å². The van der Waals surface area contributed by atoms with Gasteiger partial charge in [-0.3, -0.25) is 0 Å². The summed E-state index contributed by atoms with van der Waals surface area (Å²) in [7, 11) is 0. The Labute approximate surface area is 147 Å². The van der Waals surface area contributed by atoms with Gasteiger partial charge in [0, 0.05) is 31.4 Å². The van der Waals surface area contributed by atoms with E-state index in [1.54, 1.807) is 0 Å².